The van der Waals surface area contributed by atoms with Crippen molar-refractivity contribution in [3.05, 3.63) is 40.5 Å². The molecule has 2 aliphatic heterocycles. The number of thioether (sulfide) groups is 1. The van der Waals surface area contributed by atoms with Crippen molar-refractivity contribution in [2.45, 2.75) is 37.4 Å². The zero-order chi connectivity index (χ0) is 32.6. The number of amides is 3. The zero-order valence-electron chi connectivity index (χ0n) is 24.2. The molecule has 2 atom stereocenters. The SMILES string of the molecule is CC(C)(ON=C(C(=O)N[C@@H]1C(=O)N2C(C(=O)O)=C(Cn3nnc(-c4ccc(O)c(O)c4)n3)CS[C@H]12)c1csc(N)n1)C(=O)NO.[Na]. The maximum absolute atomic E-state index is 13.3. The fraction of sp³-hybridized carbons (Fsp3) is 0.292. The number of hydrogen-bond acceptors (Lipinski definition) is 16. The number of nitrogen functional groups attached to an aromatic ring is 1. The van der Waals surface area contributed by atoms with Gasteiger partial charge in [0.1, 0.15) is 22.8 Å². The number of carbonyl (C=O) groups excluding carboxylic acids is 3. The van der Waals surface area contributed by atoms with Gasteiger partial charge in [-0.05, 0) is 42.8 Å². The summed E-state index contributed by atoms with van der Waals surface area (Å²) in [7, 11) is 0. The number of β-lactam (4-membered cyclic amide) rings is 1. The Labute approximate surface area is 288 Å². The summed E-state index contributed by atoms with van der Waals surface area (Å²) in [6.07, 6.45) is 0. The van der Waals surface area contributed by atoms with Crippen LogP contribution in [0.5, 0.6) is 11.5 Å². The van der Waals surface area contributed by atoms with Gasteiger partial charge in [-0.25, -0.2) is 15.3 Å². The fourth-order valence-corrected chi connectivity index (χ4v) is 6.09. The van der Waals surface area contributed by atoms with Crippen molar-refractivity contribution >= 4 is 87.2 Å². The number of aliphatic carboxylic acids is 1. The number of rotatable bonds is 10. The predicted octanol–water partition coefficient (Wildman–Crippen LogP) is -1.15. The maximum Gasteiger partial charge on any atom is 0.352 e. The van der Waals surface area contributed by atoms with Crippen LogP contribution in [0.25, 0.3) is 11.4 Å². The van der Waals surface area contributed by atoms with Gasteiger partial charge in [0.2, 0.25) is 11.4 Å². The van der Waals surface area contributed by atoms with Gasteiger partial charge in [0.25, 0.3) is 17.7 Å². The number of oxime groups is 1. The van der Waals surface area contributed by atoms with Crippen LogP contribution in [0.2, 0.25) is 0 Å². The number of hydrogen-bond donors (Lipinski definition) is 7. The number of thiazole rings is 1. The molecule has 0 aliphatic carbocycles. The van der Waals surface area contributed by atoms with E-state index < -0.39 is 46.4 Å². The molecule has 1 aromatic carbocycles. The minimum Gasteiger partial charge on any atom is -0.504 e. The Morgan fingerprint density at radius 1 is 1.24 bits per heavy atom. The van der Waals surface area contributed by atoms with E-state index in [1.54, 1.807) is 0 Å². The van der Waals surface area contributed by atoms with Crippen LogP contribution in [-0.4, -0.2) is 132 Å². The molecule has 3 amide bonds. The van der Waals surface area contributed by atoms with Crippen molar-refractivity contribution in [1.29, 1.82) is 0 Å². The molecule has 2 aromatic heterocycles. The fourth-order valence-electron chi connectivity index (χ4n) is 4.21. The van der Waals surface area contributed by atoms with Crippen molar-refractivity contribution < 1.29 is 44.5 Å². The smallest absolute Gasteiger partial charge is 0.352 e. The van der Waals surface area contributed by atoms with E-state index in [1.165, 1.54) is 54.7 Å². The number of fused-ring (bicyclic) bond motifs is 1. The number of nitrogens with zero attached hydrogens (tertiary/aromatic N) is 7. The van der Waals surface area contributed by atoms with E-state index >= 15 is 0 Å². The predicted molar refractivity (Wildman–Crippen MR) is 160 cm³/mol. The monoisotopic (exact) mass is 683 g/mol. The van der Waals surface area contributed by atoms with Crippen LogP contribution in [-0.2, 0) is 30.6 Å². The average molecular weight is 684 g/mol. The van der Waals surface area contributed by atoms with Gasteiger partial charge in [-0.3, -0.25) is 24.5 Å². The van der Waals surface area contributed by atoms with Gasteiger partial charge in [0.15, 0.2) is 22.3 Å². The van der Waals surface area contributed by atoms with E-state index in [4.69, 9.17) is 15.8 Å². The molecule has 0 unspecified atom stereocenters. The van der Waals surface area contributed by atoms with Gasteiger partial charge < -0.3 is 31.2 Å². The Balaban J connectivity index is 0.00000480. The number of carboxylic acids is 1. The van der Waals surface area contributed by atoms with Gasteiger partial charge in [-0.1, -0.05) is 5.16 Å². The molecule has 22 heteroatoms. The number of carboxylic acid groups (broad SMARTS) is 1. The summed E-state index contributed by atoms with van der Waals surface area (Å²) in [6, 6.07) is 2.81. The first-order chi connectivity index (χ1) is 21.3. The molecule has 0 spiro atoms. The number of phenols is 2. The summed E-state index contributed by atoms with van der Waals surface area (Å²) in [5.74, 6) is -4.42. The molecule has 3 aromatic rings. The maximum atomic E-state index is 13.3. The molecule has 8 N–H and O–H groups in total. The second-order valence-corrected chi connectivity index (χ2v) is 12.0. The number of hydroxylamine groups is 1. The Morgan fingerprint density at radius 2 is 1.98 bits per heavy atom. The zero-order valence-corrected chi connectivity index (χ0v) is 27.9. The molecule has 1 saturated heterocycles. The first-order valence-corrected chi connectivity index (χ1v) is 14.7. The Morgan fingerprint density at radius 3 is 2.61 bits per heavy atom. The number of benzene rings is 1. The molecular weight excluding hydrogens is 659 g/mol. The molecule has 46 heavy (non-hydrogen) atoms. The second-order valence-electron chi connectivity index (χ2n) is 10.0. The molecule has 2 aliphatic rings. The molecule has 0 bridgehead atoms. The van der Waals surface area contributed by atoms with Crippen LogP contribution in [0.15, 0.2) is 40.0 Å². The summed E-state index contributed by atoms with van der Waals surface area (Å²) in [5.41, 5.74) is 5.36. The van der Waals surface area contributed by atoms with Crippen molar-refractivity contribution in [3.8, 4) is 22.9 Å². The van der Waals surface area contributed by atoms with Crippen LogP contribution in [0.1, 0.15) is 19.5 Å². The Kier molecular flexibility index (Phi) is 10.2. The number of aromatic hydroxyl groups is 2. The normalized spacial score (nSPS) is 17.8. The van der Waals surface area contributed by atoms with E-state index in [1.807, 2.05) is 0 Å². The van der Waals surface area contributed by atoms with E-state index in [9.17, 15) is 34.5 Å². The third-order valence-corrected chi connectivity index (χ3v) is 8.56. The van der Waals surface area contributed by atoms with Gasteiger partial charge in [-0.2, -0.15) is 4.80 Å². The van der Waals surface area contributed by atoms with Crippen LogP contribution in [0, 0.1) is 0 Å². The molecular formula is C24H24N10NaO9S2. The number of anilines is 1. The minimum absolute atomic E-state index is 0. The van der Waals surface area contributed by atoms with Crippen molar-refractivity contribution in [3.63, 3.8) is 0 Å². The Hall–Kier alpha value is -4.28. The molecule has 19 nitrogen and oxygen atoms in total. The number of aromatic nitrogens is 5. The van der Waals surface area contributed by atoms with Gasteiger partial charge >= 0.3 is 5.97 Å². The van der Waals surface area contributed by atoms with Crippen LogP contribution >= 0.6 is 23.1 Å². The molecule has 0 saturated carbocycles. The first-order valence-electron chi connectivity index (χ1n) is 12.7. The van der Waals surface area contributed by atoms with Crippen LogP contribution in [0.4, 0.5) is 5.13 Å². The van der Waals surface area contributed by atoms with E-state index in [2.05, 4.69) is 30.9 Å². The van der Waals surface area contributed by atoms with Crippen LogP contribution < -0.4 is 16.5 Å². The summed E-state index contributed by atoms with van der Waals surface area (Å²) >= 11 is 2.19. The molecule has 237 valence electrons. The second kappa shape index (κ2) is 13.6. The number of carbonyl (C=O) groups is 4. The van der Waals surface area contributed by atoms with E-state index in [0.717, 1.165) is 21.0 Å². The summed E-state index contributed by atoms with van der Waals surface area (Å²) < 4.78 is 0. The molecule has 5 rings (SSSR count). The molecule has 4 heterocycles. The third-order valence-electron chi connectivity index (χ3n) is 6.55. The average Bonchev–Trinajstić information content (AvgIpc) is 3.65. The summed E-state index contributed by atoms with van der Waals surface area (Å²) in [6.45, 7) is 2.43. The van der Waals surface area contributed by atoms with Gasteiger partial charge in [0.05, 0.1) is 6.54 Å². The molecule has 1 radical (unpaired) electrons. The van der Waals surface area contributed by atoms with Gasteiger partial charge in [-0.15, -0.1) is 33.3 Å². The van der Waals surface area contributed by atoms with Gasteiger partial charge in [0, 0.05) is 46.3 Å². The topological polar surface area (TPSA) is 281 Å². The van der Waals surface area contributed by atoms with Crippen LogP contribution in [0.3, 0.4) is 0 Å². The largest absolute Gasteiger partial charge is 0.504 e. The number of nitrogens with one attached hydrogen (secondary N) is 2. The number of phenolic OH excluding ortho intramolecular Hbond substituents is 2. The Bertz CT molecular complexity index is 1780. The van der Waals surface area contributed by atoms with E-state index in [0.29, 0.717) is 11.1 Å². The minimum atomic E-state index is -1.70. The van der Waals surface area contributed by atoms with Crippen molar-refractivity contribution in [2.75, 3.05) is 11.5 Å². The van der Waals surface area contributed by atoms with Crippen molar-refractivity contribution in [2.24, 2.45) is 5.16 Å². The summed E-state index contributed by atoms with van der Waals surface area (Å²) in [4.78, 5) is 62.1. The number of nitrogens with two attached hydrogens (primary N) is 1. The molecule has 1 fully saturated rings. The third kappa shape index (κ3) is 6.78. The number of tetrazole rings is 1. The summed E-state index contributed by atoms with van der Waals surface area (Å²) in [5, 5.41) is 57.3. The quantitative estimate of drug-likeness (QED) is 0.0332. The van der Waals surface area contributed by atoms with E-state index in [-0.39, 0.29) is 75.7 Å². The standard InChI is InChI=1S/C24H24N10O9S2.Na/c1-24(2,22(41)30-42)43-31-14(11-8-45-23(25)26-11)18(37)27-15-19(38)34-16(21(39)40)10(7-44-20(15)34)6-33-29-17(28-32-33)9-3-4-12(35)13(36)5-9;/h3-5,8,15,20,35-36,42H,6-7H2,1-2H3,(H2,25,26)(H,27,37)(H,30,41)(H,39,40);/t15-,20-;/m1./s1. The first kappa shape index (κ1) is 34.6. The van der Waals surface area contributed by atoms with Crippen molar-refractivity contribution in [1.82, 2.24) is 40.9 Å².